The minimum Gasteiger partial charge on any atom is -0.492 e. The summed E-state index contributed by atoms with van der Waals surface area (Å²) in [4.78, 5) is 5.13. The van der Waals surface area contributed by atoms with Crippen molar-refractivity contribution in [1.82, 2.24) is 9.55 Å². The third-order valence-corrected chi connectivity index (χ3v) is 5.99. The molecule has 0 saturated carbocycles. The van der Waals surface area contributed by atoms with Crippen LogP contribution in [0.1, 0.15) is 34.0 Å². The number of benzene rings is 4. The third-order valence-electron chi connectivity index (χ3n) is 5.99. The van der Waals surface area contributed by atoms with Gasteiger partial charge in [-0.2, -0.15) is 0 Å². The zero-order valence-electron chi connectivity index (χ0n) is 19.1. The molecule has 0 spiro atoms. The first-order chi connectivity index (χ1) is 16.2. The van der Waals surface area contributed by atoms with Crippen molar-refractivity contribution in [2.75, 3.05) is 6.61 Å². The van der Waals surface area contributed by atoms with Crippen molar-refractivity contribution in [3.8, 4) is 5.75 Å². The predicted octanol–water partition coefficient (Wildman–Crippen LogP) is 6.91. The molecule has 0 N–H and O–H groups in total. The van der Waals surface area contributed by atoms with E-state index in [2.05, 4.69) is 122 Å². The van der Waals surface area contributed by atoms with E-state index in [1.807, 2.05) is 0 Å². The molecule has 164 valence electrons. The number of hydrogen-bond acceptors (Lipinski definition) is 2. The SMILES string of the molecule is Cc1cc(C)cc(OCCn2c(C(c3ccccc3)c3ccccc3)nc3ccccc32)c1. The van der Waals surface area contributed by atoms with Crippen LogP contribution in [-0.2, 0) is 6.54 Å². The van der Waals surface area contributed by atoms with E-state index in [9.17, 15) is 0 Å². The minimum absolute atomic E-state index is 0.0426. The van der Waals surface area contributed by atoms with Crippen molar-refractivity contribution in [3.05, 3.63) is 131 Å². The molecule has 0 aliphatic carbocycles. The normalized spacial score (nSPS) is 11.2. The Morgan fingerprint density at radius 3 is 1.94 bits per heavy atom. The molecule has 3 heteroatoms. The van der Waals surface area contributed by atoms with Crippen LogP contribution in [0.15, 0.2) is 103 Å². The van der Waals surface area contributed by atoms with E-state index in [0.717, 1.165) is 29.2 Å². The summed E-state index contributed by atoms with van der Waals surface area (Å²) in [6.07, 6.45) is 0. The smallest absolute Gasteiger partial charge is 0.122 e. The molecule has 0 radical (unpaired) electrons. The Kier molecular flexibility index (Phi) is 5.95. The molecule has 0 amide bonds. The van der Waals surface area contributed by atoms with Crippen molar-refractivity contribution >= 4 is 11.0 Å². The quantitative estimate of drug-likeness (QED) is 0.279. The first kappa shape index (κ1) is 21.0. The molecule has 5 rings (SSSR count). The number of aromatic nitrogens is 2. The van der Waals surface area contributed by atoms with Crippen molar-refractivity contribution in [2.24, 2.45) is 0 Å². The second kappa shape index (κ2) is 9.33. The lowest BCUT2D eigenvalue weighted by Crippen LogP contribution is -2.15. The molecular formula is C30H28N2O. The molecule has 5 aromatic rings. The van der Waals surface area contributed by atoms with Crippen molar-refractivity contribution in [3.63, 3.8) is 0 Å². The van der Waals surface area contributed by atoms with E-state index < -0.39 is 0 Å². The van der Waals surface area contributed by atoms with E-state index >= 15 is 0 Å². The summed E-state index contributed by atoms with van der Waals surface area (Å²) in [5, 5.41) is 0. The monoisotopic (exact) mass is 432 g/mol. The number of ether oxygens (including phenoxy) is 1. The van der Waals surface area contributed by atoms with Gasteiger partial charge >= 0.3 is 0 Å². The Labute approximate surface area is 195 Å². The third kappa shape index (κ3) is 4.54. The zero-order valence-corrected chi connectivity index (χ0v) is 19.1. The maximum atomic E-state index is 6.19. The average Bonchev–Trinajstić information content (AvgIpc) is 3.18. The summed E-state index contributed by atoms with van der Waals surface area (Å²) in [5.74, 6) is 2.00. The predicted molar refractivity (Wildman–Crippen MR) is 135 cm³/mol. The maximum absolute atomic E-state index is 6.19. The summed E-state index contributed by atoms with van der Waals surface area (Å²) in [6.45, 7) is 5.50. The topological polar surface area (TPSA) is 27.1 Å². The molecule has 0 atom stereocenters. The van der Waals surface area contributed by atoms with E-state index in [0.29, 0.717) is 6.61 Å². The summed E-state index contributed by atoms with van der Waals surface area (Å²) in [6, 6.07) is 36.0. The summed E-state index contributed by atoms with van der Waals surface area (Å²) in [7, 11) is 0. The van der Waals surface area contributed by atoms with Crippen LogP contribution in [0.5, 0.6) is 5.75 Å². The fourth-order valence-corrected chi connectivity index (χ4v) is 4.60. The van der Waals surface area contributed by atoms with Gasteiger partial charge in [0.05, 0.1) is 23.5 Å². The van der Waals surface area contributed by atoms with Crippen LogP contribution < -0.4 is 4.74 Å². The van der Waals surface area contributed by atoms with Gasteiger partial charge in [-0.1, -0.05) is 78.9 Å². The fourth-order valence-electron chi connectivity index (χ4n) is 4.60. The highest BCUT2D eigenvalue weighted by atomic mass is 16.5. The van der Waals surface area contributed by atoms with Crippen LogP contribution >= 0.6 is 0 Å². The molecule has 33 heavy (non-hydrogen) atoms. The lowest BCUT2D eigenvalue weighted by molar-refractivity contribution is 0.297. The Morgan fingerprint density at radius 1 is 0.727 bits per heavy atom. The van der Waals surface area contributed by atoms with Gasteiger partial charge in [0, 0.05) is 0 Å². The van der Waals surface area contributed by atoms with Gasteiger partial charge in [0.1, 0.15) is 18.2 Å². The maximum Gasteiger partial charge on any atom is 0.122 e. The summed E-state index contributed by atoms with van der Waals surface area (Å²) < 4.78 is 8.51. The van der Waals surface area contributed by atoms with Crippen molar-refractivity contribution in [2.45, 2.75) is 26.3 Å². The summed E-state index contributed by atoms with van der Waals surface area (Å²) in [5.41, 5.74) is 7.04. The van der Waals surface area contributed by atoms with Crippen LogP contribution in [0.2, 0.25) is 0 Å². The van der Waals surface area contributed by atoms with Crippen molar-refractivity contribution in [1.29, 1.82) is 0 Å². The molecule has 0 aliphatic rings. The van der Waals surface area contributed by atoms with Crippen LogP contribution in [-0.4, -0.2) is 16.2 Å². The highest BCUT2D eigenvalue weighted by Crippen LogP contribution is 2.33. The largest absolute Gasteiger partial charge is 0.492 e. The standard InChI is InChI=1S/C30H28N2O/c1-22-19-23(2)21-26(20-22)33-18-17-32-28-16-10-9-15-27(28)31-30(32)29(24-11-5-3-6-12-24)25-13-7-4-8-14-25/h3-16,19-21,29H,17-18H2,1-2H3. The number of hydrogen-bond donors (Lipinski definition) is 0. The molecule has 0 fully saturated rings. The van der Waals surface area contributed by atoms with Gasteiger partial charge in [-0.3, -0.25) is 0 Å². The van der Waals surface area contributed by atoms with Gasteiger partial charge in [0.2, 0.25) is 0 Å². The molecule has 3 nitrogen and oxygen atoms in total. The zero-order chi connectivity index (χ0) is 22.6. The molecule has 0 bridgehead atoms. The average molecular weight is 433 g/mol. The highest BCUT2D eigenvalue weighted by Gasteiger charge is 2.23. The lowest BCUT2D eigenvalue weighted by Gasteiger charge is -2.20. The molecule has 0 saturated heterocycles. The minimum atomic E-state index is 0.0426. The Hall–Kier alpha value is -3.85. The number of rotatable bonds is 7. The Morgan fingerprint density at radius 2 is 1.30 bits per heavy atom. The van der Waals surface area contributed by atoms with E-state index in [-0.39, 0.29) is 5.92 Å². The van der Waals surface area contributed by atoms with E-state index in [1.54, 1.807) is 0 Å². The van der Waals surface area contributed by atoms with Crippen LogP contribution in [0.3, 0.4) is 0 Å². The first-order valence-electron chi connectivity index (χ1n) is 11.5. The van der Waals surface area contributed by atoms with Crippen LogP contribution in [0.25, 0.3) is 11.0 Å². The molecular weight excluding hydrogens is 404 g/mol. The Balaban J connectivity index is 1.55. The fraction of sp³-hybridized carbons (Fsp3) is 0.167. The van der Waals surface area contributed by atoms with E-state index in [1.165, 1.54) is 22.3 Å². The second-order valence-corrected chi connectivity index (χ2v) is 8.54. The van der Waals surface area contributed by atoms with Gasteiger partial charge in [-0.05, 0) is 60.4 Å². The Bertz CT molecular complexity index is 1300. The second-order valence-electron chi connectivity index (χ2n) is 8.54. The number of aryl methyl sites for hydroxylation is 2. The highest BCUT2D eigenvalue weighted by molar-refractivity contribution is 5.76. The van der Waals surface area contributed by atoms with Crippen LogP contribution in [0.4, 0.5) is 0 Å². The van der Waals surface area contributed by atoms with Gasteiger partial charge in [0.25, 0.3) is 0 Å². The first-order valence-corrected chi connectivity index (χ1v) is 11.5. The molecule has 1 heterocycles. The number of fused-ring (bicyclic) bond motifs is 1. The summed E-state index contributed by atoms with van der Waals surface area (Å²) >= 11 is 0. The number of para-hydroxylation sites is 2. The van der Waals surface area contributed by atoms with Gasteiger partial charge < -0.3 is 9.30 Å². The van der Waals surface area contributed by atoms with Gasteiger partial charge in [-0.25, -0.2) is 4.98 Å². The van der Waals surface area contributed by atoms with Gasteiger partial charge in [-0.15, -0.1) is 0 Å². The van der Waals surface area contributed by atoms with Gasteiger partial charge in [0.15, 0.2) is 0 Å². The number of imidazole rings is 1. The van der Waals surface area contributed by atoms with E-state index in [4.69, 9.17) is 9.72 Å². The molecule has 0 unspecified atom stereocenters. The molecule has 4 aromatic carbocycles. The molecule has 0 aliphatic heterocycles. The lowest BCUT2D eigenvalue weighted by atomic mass is 9.90. The molecule has 1 aromatic heterocycles. The van der Waals surface area contributed by atoms with Crippen molar-refractivity contribution < 1.29 is 4.74 Å². The number of nitrogens with zero attached hydrogens (tertiary/aromatic N) is 2. The van der Waals surface area contributed by atoms with Crippen LogP contribution in [0, 0.1) is 13.8 Å².